The van der Waals surface area contributed by atoms with Gasteiger partial charge in [0.25, 0.3) is 0 Å². The quantitative estimate of drug-likeness (QED) is 0.541. The van der Waals surface area contributed by atoms with Crippen molar-refractivity contribution in [3.8, 4) is 0 Å². The topological polar surface area (TPSA) is 32.3 Å². The van der Waals surface area contributed by atoms with E-state index in [1.54, 1.807) is 6.92 Å². The third-order valence-corrected chi connectivity index (χ3v) is 1.88. The van der Waals surface area contributed by atoms with Gasteiger partial charge in [-0.05, 0) is 26.2 Å². The Hall–Kier alpha value is -0.830. The summed E-state index contributed by atoms with van der Waals surface area (Å²) in [6.45, 7) is 7.80. The molecule has 0 aliphatic rings. The molecule has 3 nitrogen and oxygen atoms in total. The molecular weight excluding hydrogens is 176 g/mol. The van der Waals surface area contributed by atoms with Crippen LogP contribution in [0.3, 0.4) is 0 Å². The lowest BCUT2D eigenvalue weighted by molar-refractivity contribution is -0.113. The number of hydrazine groups is 1. The Balaban J connectivity index is 4.67. The lowest BCUT2D eigenvalue weighted by atomic mass is 9.99. The van der Waals surface area contributed by atoms with E-state index in [4.69, 9.17) is 0 Å². The van der Waals surface area contributed by atoms with Gasteiger partial charge in [-0.3, -0.25) is 4.79 Å². The van der Waals surface area contributed by atoms with Crippen molar-refractivity contribution in [1.82, 2.24) is 10.4 Å². The molecule has 1 N–H and O–H groups in total. The smallest absolute Gasteiger partial charge is 0.157 e. The maximum absolute atomic E-state index is 11.4. The SMILES string of the molecule is CC(=O)/C(CC(C)C)=C(/C)NN(C)C. The number of carbonyl (C=O) groups excluding carboxylic acids is 1. The Morgan fingerprint density at radius 1 is 1.29 bits per heavy atom. The van der Waals surface area contributed by atoms with Crippen molar-refractivity contribution in [2.24, 2.45) is 5.92 Å². The first-order valence-corrected chi connectivity index (χ1v) is 4.99. The van der Waals surface area contributed by atoms with Crippen molar-refractivity contribution in [2.75, 3.05) is 14.1 Å². The monoisotopic (exact) mass is 198 g/mol. The van der Waals surface area contributed by atoms with Crippen LogP contribution in [-0.2, 0) is 4.79 Å². The fourth-order valence-corrected chi connectivity index (χ4v) is 1.37. The summed E-state index contributed by atoms with van der Waals surface area (Å²) in [6, 6.07) is 0. The second-order valence-corrected chi connectivity index (χ2v) is 4.26. The number of rotatable bonds is 5. The van der Waals surface area contributed by atoms with Crippen molar-refractivity contribution < 1.29 is 4.79 Å². The van der Waals surface area contributed by atoms with Gasteiger partial charge in [0.2, 0.25) is 0 Å². The molecule has 0 spiro atoms. The summed E-state index contributed by atoms with van der Waals surface area (Å²) in [5.41, 5.74) is 4.97. The molecule has 0 atom stereocenters. The second-order valence-electron chi connectivity index (χ2n) is 4.26. The van der Waals surface area contributed by atoms with Crippen LogP contribution < -0.4 is 5.43 Å². The van der Waals surface area contributed by atoms with Crippen LogP contribution in [0.4, 0.5) is 0 Å². The number of nitrogens with zero attached hydrogens (tertiary/aromatic N) is 1. The molecule has 82 valence electrons. The number of carbonyl (C=O) groups is 1. The number of Topliss-reactive ketones (excluding diaryl/α,β-unsaturated/α-hetero) is 1. The molecule has 0 aliphatic heterocycles. The summed E-state index contributed by atoms with van der Waals surface area (Å²) in [5, 5.41) is 1.85. The highest BCUT2D eigenvalue weighted by atomic mass is 16.1. The van der Waals surface area contributed by atoms with Gasteiger partial charge in [0.05, 0.1) is 0 Å². The predicted octanol–water partition coefficient (Wildman–Crippen LogP) is 1.96. The number of hydrogen-bond donors (Lipinski definition) is 1. The van der Waals surface area contributed by atoms with Gasteiger partial charge in [-0.1, -0.05) is 13.8 Å². The van der Waals surface area contributed by atoms with Gasteiger partial charge in [-0.2, -0.15) is 0 Å². The van der Waals surface area contributed by atoms with Crippen molar-refractivity contribution in [1.29, 1.82) is 0 Å². The Morgan fingerprint density at radius 3 is 2.07 bits per heavy atom. The summed E-state index contributed by atoms with van der Waals surface area (Å²) in [7, 11) is 3.83. The van der Waals surface area contributed by atoms with Crippen molar-refractivity contribution >= 4 is 5.78 Å². The van der Waals surface area contributed by atoms with E-state index in [-0.39, 0.29) is 5.78 Å². The van der Waals surface area contributed by atoms with Gasteiger partial charge in [0.1, 0.15) is 0 Å². The van der Waals surface area contributed by atoms with E-state index in [0.717, 1.165) is 17.7 Å². The van der Waals surface area contributed by atoms with Gasteiger partial charge < -0.3 is 5.43 Å². The van der Waals surface area contributed by atoms with E-state index in [0.29, 0.717) is 5.92 Å². The minimum Gasteiger partial charge on any atom is -0.323 e. The van der Waals surface area contributed by atoms with Crippen LogP contribution in [0.2, 0.25) is 0 Å². The molecule has 0 aromatic carbocycles. The highest BCUT2D eigenvalue weighted by molar-refractivity contribution is 5.93. The van der Waals surface area contributed by atoms with Crippen LogP contribution in [0.25, 0.3) is 0 Å². The Morgan fingerprint density at radius 2 is 1.79 bits per heavy atom. The highest BCUT2D eigenvalue weighted by Crippen LogP contribution is 2.14. The summed E-state index contributed by atoms with van der Waals surface area (Å²) in [4.78, 5) is 11.4. The van der Waals surface area contributed by atoms with Gasteiger partial charge >= 0.3 is 0 Å². The summed E-state index contributed by atoms with van der Waals surface area (Å²) < 4.78 is 0. The van der Waals surface area contributed by atoms with Gasteiger partial charge in [0, 0.05) is 25.4 Å². The highest BCUT2D eigenvalue weighted by Gasteiger charge is 2.10. The number of nitrogens with one attached hydrogen (secondary N) is 1. The van der Waals surface area contributed by atoms with E-state index in [1.807, 2.05) is 26.0 Å². The van der Waals surface area contributed by atoms with Crippen LogP contribution in [-0.4, -0.2) is 24.9 Å². The van der Waals surface area contributed by atoms with Gasteiger partial charge in [-0.15, -0.1) is 0 Å². The van der Waals surface area contributed by atoms with Crippen LogP contribution in [0.15, 0.2) is 11.3 Å². The first-order chi connectivity index (χ1) is 6.34. The minimum atomic E-state index is 0.158. The lowest BCUT2D eigenvalue weighted by Gasteiger charge is -2.18. The molecular formula is C11H22N2O. The fraction of sp³-hybridized carbons (Fsp3) is 0.727. The van der Waals surface area contributed by atoms with E-state index in [1.165, 1.54) is 0 Å². The predicted molar refractivity (Wildman–Crippen MR) is 59.7 cm³/mol. The molecule has 0 unspecified atom stereocenters. The Kier molecular flexibility index (Phi) is 5.46. The molecule has 0 saturated carbocycles. The average Bonchev–Trinajstić information content (AvgIpc) is 1.97. The Bertz CT molecular complexity index is 229. The first kappa shape index (κ1) is 13.2. The number of hydrogen-bond acceptors (Lipinski definition) is 3. The molecule has 0 radical (unpaired) electrons. The third-order valence-electron chi connectivity index (χ3n) is 1.88. The maximum Gasteiger partial charge on any atom is 0.157 e. The molecule has 14 heavy (non-hydrogen) atoms. The summed E-state index contributed by atoms with van der Waals surface area (Å²) in [5.74, 6) is 0.665. The van der Waals surface area contributed by atoms with Crippen molar-refractivity contribution in [3.05, 3.63) is 11.3 Å². The van der Waals surface area contributed by atoms with Crippen LogP contribution in [0.1, 0.15) is 34.1 Å². The van der Waals surface area contributed by atoms with E-state index < -0.39 is 0 Å². The summed E-state index contributed by atoms with van der Waals surface area (Å²) >= 11 is 0. The van der Waals surface area contributed by atoms with E-state index >= 15 is 0 Å². The molecule has 0 aromatic rings. The van der Waals surface area contributed by atoms with Gasteiger partial charge in [-0.25, -0.2) is 5.01 Å². The molecule has 0 aromatic heterocycles. The van der Waals surface area contributed by atoms with Crippen molar-refractivity contribution in [2.45, 2.75) is 34.1 Å². The molecule has 0 saturated heterocycles. The zero-order chi connectivity index (χ0) is 11.3. The summed E-state index contributed by atoms with van der Waals surface area (Å²) in [6.07, 6.45) is 0.835. The largest absolute Gasteiger partial charge is 0.323 e. The number of allylic oxidation sites excluding steroid dienone is 2. The molecule has 0 amide bonds. The standard InChI is InChI=1S/C11H22N2O/c1-8(2)7-11(10(4)14)9(3)12-13(5)6/h8,12H,7H2,1-6H3/b11-9-. The Labute approximate surface area is 87.1 Å². The average molecular weight is 198 g/mol. The number of ketones is 1. The van der Waals surface area contributed by atoms with Crippen LogP contribution in [0.5, 0.6) is 0 Å². The maximum atomic E-state index is 11.4. The lowest BCUT2D eigenvalue weighted by Crippen LogP contribution is -2.30. The minimum absolute atomic E-state index is 0.158. The molecule has 0 rings (SSSR count). The van der Waals surface area contributed by atoms with Gasteiger partial charge in [0.15, 0.2) is 5.78 Å². The zero-order valence-electron chi connectivity index (χ0n) is 10.1. The third kappa shape index (κ3) is 5.02. The van der Waals surface area contributed by atoms with E-state index in [9.17, 15) is 4.79 Å². The molecule has 0 bridgehead atoms. The molecule has 0 heterocycles. The molecule has 0 fully saturated rings. The fourth-order valence-electron chi connectivity index (χ4n) is 1.37. The normalized spacial score (nSPS) is 13.1. The first-order valence-electron chi connectivity index (χ1n) is 4.99. The van der Waals surface area contributed by atoms with Crippen LogP contribution in [0, 0.1) is 5.92 Å². The van der Waals surface area contributed by atoms with Crippen LogP contribution >= 0.6 is 0 Å². The second kappa shape index (κ2) is 5.81. The van der Waals surface area contributed by atoms with E-state index in [2.05, 4.69) is 19.3 Å². The molecule has 0 aliphatic carbocycles. The zero-order valence-corrected chi connectivity index (χ0v) is 10.1. The van der Waals surface area contributed by atoms with Crippen molar-refractivity contribution in [3.63, 3.8) is 0 Å². The molecule has 3 heteroatoms.